The summed E-state index contributed by atoms with van der Waals surface area (Å²) < 4.78 is 33.1. The predicted molar refractivity (Wildman–Crippen MR) is 145 cm³/mol. The Morgan fingerprint density at radius 3 is 2.11 bits per heavy atom. The molecule has 0 aliphatic carbocycles. The van der Waals surface area contributed by atoms with Gasteiger partial charge in [-0.15, -0.1) is 0 Å². The molecule has 2 N–H and O–H groups in total. The number of nitrogens with two attached hydrogens (primary N) is 1. The summed E-state index contributed by atoms with van der Waals surface area (Å²) in [6.45, 7) is 9.63. The van der Waals surface area contributed by atoms with Crippen molar-refractivity contribution in [3.63, 3.8) is 0 Å². The molecule has 3 fully saturated rings. The minimum Gasteiger partial charge on any atom is -0.497 e. The van der Waals surface area contributed by atoms with Gasteiger partial charge in [0, 0.05) is 51.2 Å². The number of ether oxygens (including phenoxy) is 1. The van der Waals surface area contributed by atoms with Crippen LogP contribution in [0.3, 0.4) is 0 Å². The highest BCUT2D eigenvalue weighted by Crippen LogP contribution is 2.28. The van der Waals surface area contributed by atoms with E-state index in [4.69, 9.17) is 10.5 Å². The Morgan fingerprint density at radius 2 is 1.51 bits per heavy atom. The number of benzene rings is 1. The average molecular weight is 536 g/mol. The van der Waals surface area contributed by atoms with Crippen molar-refractivity contribution >= 4 is 15.9 Å². The Labute approximate surface area is 222 Å². The number of sulfonamides is 1. The molecular formula is C27H45N5O4S. The van der Waals surface area contributed by atoms with Crippen molar-refractivity contribution in [1.29, 1.82) is 0 Å². The van der Waals surface area contributed by atoms with Gasteiger partial charge in [-0.25, -0.2) is 12.7 Å². The Balaban J connectivity index is 1.25. The van der Waals surface area contributed by atoms with Gasteiger partial charge in [-0.2, -0.15) is 0 Å². The van der Waals surface area contributed by atoms with Gasteiger partial charge >= 0.3 is 0 Å². The molecule has 4 rings (SSSR count). The molecule has 3 aliphatic rings. The van der Waals surface area contributed by atoms with E-state index in [2.05, 4.69) is 9.80 Å². The number of hydrogen-bond donors (Lipinski definition) is 1. The van der Waals surface area contributed by atoms with Crippen LogP contribution in [0.25, 0.3) is 0 Å². The molecule has 1 amide bonds. The van der Waals surface area contributed by atoms with Crippen molar-refractivity contribution in [3.8, 4) is 5.75 Å². The van der Waals surface area contributed by atoms with Crippen LogP contribution >= 0.6 is 0 Å². The van der Waals surface area contributed by atoms with E-state index in [9.17, 15) is 13.2 Å². The van der Waals surface area contributed by atoms with Gasteiger partial charge < -0.3 is 20.3 Å². The van der Waals surface area contributed by atoms with E-state index in [1.807, 2.05) is 4.90 Å². The maximum atomic E-state index is 13.3. The van der Waals surface area contributed by atoms with Crippen LogP contribution in [0, 0.1) is 13.8 Å². The fraction of sp³-hybridized carbons (Fsp3) is 0.741. The lowest BCUT2D eigenvalue weighted by Crippen LogP contribution is -2.51. The van der Waals surface area contributed by atoms with E-state index < -0.39 is 10.0 Å². The second kappa shape index (κ2) is 12.0. The summed E-state index contributed by atoms with van der Waals surface area (Å²) in [6.07, 6.45) is 5.77. The Kier molecular flexibility index (Phi) is 9.17. The minimum atomic E-state index is -3.70. The highest BCUT2D eigenvalue weighted by molar-refractivity contribution is 7.89. The fourth-order valence-corrected chi connectivity index (χ4v) is 7.86. The molecule has 208 valence electrons. The molecule has 1 unspecified atom stereocenters. The van der Waals surface area contributed by atoms with Crippen LogP contribution in [-0.2, 0) is 14.8 Å². The topological polar surface area (TPSA) is 99.4 Å². The Morgan fingerprint density at radius 1 is 0.973 bits per heavy atom. The van der Waals surface area contributed by atoms with Crippen LogP contribution in [0.5, 0.6) is 5.75 Å². The van der Waals surface area contributed by atoms with Crippen LogP contribution in [0.2, 0.25) is 0 Å². The number of carbonyl (C=O) groups is 1. The number of likely N-dealkylation sites (tertiary alicyclic amines) is 3. The molecule has 3 aliphatic heterocycles. The first-order valence-electron chi connectivity index (χ1n) is 13.7. The molecule has 0 radical (unpaired) electrons. The van der Waals surface area contributed by atoms with E-state index in [0.717, 1.165) is 58.5 Å². The molecule has 0 saturated carbocycles. The highest BCUT2D eigenvalue weighted by Gasteiger charge is 2.35. The summed E-state index contributed by atoms with van der Waals surface area (Å²) in [5, 5.41) is 0. The zero-order valence-electron chi connectivity index (χ0n) is 23.0. The van der Waals surface area contributed by atoms with Gasteiger partial charge in [0.15, 0.2) is 0 Å². The zero-order chi connectivity index (χ0) is 26.7. The van der Waals surface area contributed by atoms with Gasteiger partial charge in [-0.05, 0) is 95.4 Å². The maximum Gasteiger partial charge on any atom is 0.243 e. The largest absolute Gasteiger partial charge is 0.497 e. The average Bonchev–Trinajstić information content (AvgIpc) is 3.37. The molecule has 1 aromatic carbocycles. The quantitative estimate of drug-likeness (QED) is 0.542. The van der Waals surface area contributed by atoms with Crippen LogP contribution in [0.15, 0.2) is 17.0 Å². The van der Waals surface area contributed by atoms with Gasteiger partial charge in [0.05, 0.1) is 12.0 Å². The molecule has 3 heterocycles. The van der Waals surface area contributed by atoms with Gasteiger partial charge in [0.2, 0.25) is 15.9 Å². The summed E-state index contributed by atoms with van der Waals surface area (Å²) in [6, 6.07) is 4.90. The molecule has 1 aromatic rings. The second-order valence-electron chi connectivity index (χ2n) is 11.1. The smallest absolute Gasteiger partial charge is 0.243 e. The Hall–Kier alpha value is -1.72. The molecule has 37 heavy (non-hydrogen) atoms. The van der Waals surface area contributed by atoms with Crippen molar-refractivity contribution in [2.75, 3.05) is 60.0 Å². The molecule has 10 heteroatoms. The van der Waals surface area contributed by atoms with Gasteiger partial charge in [-0.3, -0.25) is 9.69 Å². The van der Waals surface area contributed by atoms with E-state index in [1.54, 1.807) is 40.1 Å². The lowest BCUT2D eigenvalue weighted by molar-refractivity contribution is -0.130. The molecule has 3 saturated heterocycles. The second-order valence-corrected chi connectivity index (χ2v) is 13.1. The minimum absolute atomic E-state index is 0.0345. The number of piperidine rings is 2. The SMILES string of the molecule is COc1cc(C)c(S(=O)(=O)N(C)CCC(=O)N2CCC(N3CCC(N4CCC(N)CC4)CC3)C2)c(C)c1. The van der Waals surface area contributed by atoms with E-state index in [-0.39, 0.29) is 18.9 Å². The maximum absolute atomic E-state index is 13.3. The fourth-order valence-electron chi connectivity index (χ4n) is 6.29. The van der Waals surface area contributed by atoms with Crippen molar-refractivity contribution in [2.24, 2.45) is 5.73 Å². The van der Waals surface area contributed by atoms with Gasteiger partial charge in [0.25, 0.3) is 0 Å². The monoisotopic (exact) mass is 535 g/mol. The van der Waals surface area contributed by atoms with E-state index in [1.165, 1.54) is 17.1 Å². The van der Waals surface area contributed by atoms with Crippen LogP contribution in [0.1, 0.15) is 49.7 Å². The number of amides is 1. The Bertz CT molecular complexity index is 1030. The van der Waals surface area contributed by atoms with Crippen LogP contribution in [0.4, 0.5) is 0 Å². The number of hydrogen-bond acceptors (Lipinski definition) is 7. The van der Waals surface area contributed by atoms with Crippen molar-refractivity contribution in [1.82, 2.24) is 19.0 Å². The summed E-state index contributed by atoms with van der Waals surface area (Å²) in [4.78, 5) is 20.4. The normalized spacial score (nSPS) is 23.2. The zero-order valence-corrected chi connectivity index (χ0v) is 23.8. The number of nitrogens with zero attached hydrogens (tertiary/aromatic N) is 4. The number of aryl methyl sites for hydroxylation is 2. The van der Waals surface area contributed by atoms with Crippen LogP contribution in [-0.4, -0.2) is 111 Å². The third-order valence-corrected chi connectivity index (χ3v) is 10.8. The first-order chi connectivity index (χ1) is 17.6. The highest BCUT2D eigenvalue weighted by atomic mass is 32.2. The molecular weight excluding hydrogens is 490 g/mol. The van der Waals surface area contributed by atoms with E-state index >= 15 is 0 Å². The predicted octanol–water partition coefficient (Wildman–Crippen LogP) is 1.81. The molecule has 0 bridgehead atoms. The van der Waals surface area contributed by atoms with Gasteiger partial charge in [-0.1, -0.05) is 0 Å². The first-order valence-corrected chi connectivity index (χ1v) is 15.2. The standard InChI is InChI=1S/C27H45N5O4S/c1-20-17-25(36-4)18-21(2)27(20)37(34,35)29(3)11-10-26(33)32-16-9-24(19-32)31-14-7-23(8-15-31)30-12-5-22(28)6-13-30/h17-18,22-24H,5-16,19,28H2,1-4H3. The van der Waals surface area contributed by atoms with Crippen LogP contribution < -0.4 is 10.5 Å². The molecule has 0 spiro atoms. The summed E-state index contributed by atoms with van der Waals surface area (Å²) in [7, 11) is -0.581. The lowest BCUT2D eigenvalue weighted by atomic mass is 9.97. The molecule has 1 atom stereocenters. The number of rotatable bonds is 8. The van der Waals surface area contributed by atoms with Gasteiger partial charge in [0.1, 0.15) is 5.75 Å². The van der Waals surface area contributed by atoms with Crippen molar-refractivity contribution in [3.05, 3.63) is 23.3 Å². The third kappa shape index (κ3) is 6.47. The number of carbonyl (C=O) groups excluding carboxylic acids is 1. The lowest BCUT2D eigenvalue weighted by Gasteiger charge is -2.42. The third-order valence-electron chi connectivity index (χ3n) is 8.60. The summed E-state index contributed by atoms with van der Waals surface area (Å²) in [5.74, 6) is 0.670. The summed E-state index contributed by atoms with van der Waals surface area (Å²) in [5.41, 5.74) is 7.36. The first kappa shape index (κ1) is 28.3. The number of methoxy groups -OCH3 is 1. The van der Waals surface area contributed by atoms with Crippen molar-refractivity contribution < 1.29 is 17.9 Å². The summed E-state index contributed by atoms with van der Waals surface area (Å²) >= 11 is 0. The van der Waals surface area contributed by atoms with E-state index in [0.29, 0.717) is 39.9 Å². The van der Waals surface area contributed by atoms with Crippen molar-refractivity contribution in [2.45, 2.75) is 75.4 Å². The molecule has 9 nitrogen and oxygen atoms in total. The molecule has 0 aromatic heterocycles.